The van der Waals surface area contributed by atoms with Gasteiger partial charge in [0.1, 0.15) is 0 Å². The van der Waals surface area contributed by atoms with Gasteiger partial charge in [0.15, 0.2) is 0 Å². The molecule has 0 aliphatic heterocycles. The molecule has 11 heavy (non-hydrogen) atoms. The Hall–Kier alpha value is -0.412. The molecule has 0 amide bonds. The van der Waals surface area contributed by atoms with Crippen molar-refractivity contribution in [1.29, 1.82) is 0 Å². The second-order valence-electron chi connectivity index (χ2n) is 1.82. The normalized spacial score (nSPS) is 9.64. The summed E-state index contributed by atoms with van der Waals surface area (Å²) in [5.41, 5.74) is 9.33. The molecule has 0 heterocycles. The maximum atomic E-state index is 2.92. The molecule has 0 unspecified atom stereocenters. The van der Waals surface area contributed by atoms with Gasteiger partial charge in [-0.25, -0.2) is 0 Å². The zero-order valence-electron chi connectivity index (χ0n) is 5.70. The SMILES string of the molecule is [Pt][NH]NNNc1ccccc1. The molecule has 0 spiro atoms. The van der Waals surface area contributed by atoms with Gasteiger partial charge in [-0.05, 0) is 0 Å². The standard InChI is InChI=1S/C6H9N4.Pt/c7-9-10-8-6-4-2-1-3-5-6;/h1-5,7-10H;/q-1;+1. The molecule has 0 aromatic heterocycles. The van der Waals surface area contributed by atoms with Crippen LogP contribution < -0.4 is 20.5 Å². The van der Waals surface area contributed by atoms with E-state index >= 15 is 0 Å². The summed E-state index contributed by atoms with van der Waals surface area (Å²) < 4.78 is 2.69. The van der Waals surface area contributed by atoms with Crippen molar-refractivity contribution in [2.24, 2.45) is 0 Å². The summed E-state index contributed by atoms with van der Waals surface area (Å²) in [5, 5.41) is 0. The van der Waals surface area contributed by atoms with E-state index in [2.05, 4.69) is 20.5 Å². The molecule has 0 saturated carbocycles. The Balaban J connectivity index is 2.28. The summed E-state index contributed by atoms with van der Waals surface area (Å²) in [6.45, 7) is 0. The van der Waals surface area contributed by atoms with Gasteiger partial charge in [-0.15, -0.1) is 0 Å². The van der Waals surface area contributed by atoms with Crippen LogP contribution in [0.25, 0.3) is 0 Å². The first kappa shape index (κ1) is 8.68. The minimum atomic E-state index is 1.01. The van der Waals surface area contributed by atoms with Crippen molar-refractivity contribution >= 4 is 5.69 Å². The van der Waals surface area contributed by atoms with E-state index in [1.165, 1.54) is 0 Å². The van der Waals surface area contributed by atoms with Crippen molar-refractivity contribution in [1.82, 2.24) is 15.1 Å². The number of anilines is 1. The van der Waals surface area contributed by atoms with Crippen LogP contribution in [0.15, 0.2) is 30.3 Å². The van der Waals surface area contributed by atoms with Crippen molar-refractivity contribution in [2.45, 2.75) is 0 Å². The third-order valence-electron chi connectivity index (χ3n) is 1.08. The van der Waals surface area contributed by atoms with Crippen LogP contribution in [-0.4, -0.2) is 0 Å². The first-order valence-corrected chi connectivity index (χ1v) is 4.20. The maximum absolute atomic E-state index is 2.92. The fourth-order valence-corrected chi connectivity index (χ4v) is 0.787. The Morgan fingerprint density at radius 3 is 2.36 bits per heavy atom. The molecule has 1 aromatic carbocycles. The Kier molecular flexibility index (Phi) is 4.16. The number of nitrogens with one attached hydrogen (secondary N) is 4. The zero-order valence-corrected chi connectivity index (χ0v) is 7.98. The van der Waals surface area contributed by atoms with E-state index in [4.69, 9.17) is 0 Å². The molecule has 0 aliphatic rings. The van der Waals surface area contributed by atoms with Gasteiger partial charge in [-0.3, -0.25) is 0 Å². The third kappa shape index (κ3) is 3.48. The van der Waals surface area contributed by atoms with Crippen molar-refractivity contribution in [3.8, 4) is 0 Å². The van der Waals surface area contributed by atoms with Gasteiger partial charge < -0.3 is 0 Å². The van der Waals surface area contributed by atoms with Crippen LogP contribution in [0.5, 0.6) is 0 Å². The Morgan fingerprint density at radius 1 is 1.00 bits per heavy atom. The van der Waals surface area contributed by atoms with Gasteiger partial charge in [0.25, 0.3) is 0 Å². The van der Waals surface area contributed by atoms with Crippen LogP contribution in [-0.2, 0) is 20.1 Å². The van der Waals surface area contributed by atoms with Crippen molar-refractivity contribution in [3.05, 3.63) is 30.3 Å². The fourth-order valence-electron chi connectivity index (χ4n) is 0.645. The van der Waals surface area contributed by atoms with Crippen LogP contribution in [0.2, 0.25) is 0 Å². The number of benzene rings is 1. The molecule has 63 valence electrons. The molecule has 5 heteroatoms. The molecule has 1 aromatic rings. The van der Waals surface area contributed by atoms with E-state index < -0.39 is 0 Å². The molecule has 4 nitrogen and oxygen atoms in total. The summed E-state index contributed by atoms with van der Waals surface area (Å²) >= 11 is 1.95. The average Bonchev–Trinajstić information content (AvgIpc) is 2.07. The fraction of sp³-hybridized carbons (Fsp3) is 0. The second-order valence-corrected chi connectivity index (χ2v) is 2.39. The molecule has 0 saturated heterocycles. The quantitative estimate of drug-likeness (QED) is 0.466. The molecule has 0 atom stereocenters. The first-order valence-electron chi connectivity index (χ1n) is 3.07. The van der Waals surface area contributed by atoms with E-state index in [0.29, 0.717) is 0 Å². The van der Waals surface area contributed by atoms with E-state index in [-0.39, 0.29) is 0 Å². The van der Waals surface area contributed by atoms with E-state index in [1.54, 1.807) is 0 Å². The van der Waals surface area contributed by atoms with Crippen LogP contribution >= 0.6 is 0 Å². The summed E-state index contributed by atoms with van der Waals surface area (Å²) in [7, 11) is 0. The molecule has 4 N–H and O–H groups in total. The van der Waals surface area contributed by atoms with Gasteiger partial charge in [0.05, 0.1) is 0 Å². The Morgan fingerprint density at radius 2 is 1.73 bits per heavy atom. The number of rotatable bonds is 4. The van der Waals surface area contributed by atoms with Crippen molar-refractivity contribution in [3.63, 3.8) is 0 Å². The van der Waals surface area contributed by atoms with E-state index in [9.17, 15) is 0 Å². The van der Waals surface area contributed by atoms with Crippen molar-refractivity contribution in [2.75, 3.05) is 5.43 Å². The van der Waals surface area contributed by atoms with E-state index in [0.717, 1.165) is 5.69 Å². The third-order valence-corrected chi connectivity index (χ3v) is 1.37. The van der Waals surface area contributed by atoms with Crippen molar-refractivity contribution < 1.29 is 20.1 Å². The van der Waals surface area contributed by atoms with E-state index in [1.807, 2.05) is 50.4 Å². The molecule has 0 fully saturated rings. The second kappa shape index (κ2) is 5.27. The molecule has 0 aliphatic carbocycles. The molecule has 1 rings (SSSR count). The zero-order chi connectivity index (χ0) is 7.94. The van der Waals surface area contributed by atoms with Crippen LogP contribution in [0.4, 0.5) is 5.69 Å². The predicted octanol–water partition coefficient (Wildman–Crippen LogP) is 0.0741. The molecular formula is C6H9N4Pt. The monoisotopic (exact) mass is 332 g/mol. The summed E-state index contributed by atoms with van der Waals surface area (Å²) in [6, 6.07) is 9.81. The number of hydrogen-bond donors (Lipinski definition) is 4. The van der Waals surface area contributed by atoms with Crippen LogP contribution in [0.3, 0.4) is 0 Å². The van der Waals surface area contributed by atoms with Gasteiger partial charge >= 0.3 is 76.6 Å². The predicted molar refractivity (Wildman–Crippen MR) is 39.5 cm³/mol. The number of hydrogen-bond acceptors (Lipinski definition) is 4. The average molecular weight is 332 g/mol. The van der Waals surface area contributed by atoms with Gasteiger partial charge in [0, 0.05) is 0 Å². The summed E-state index contributed by atoms with van der Waals surface area (Å²) in [6.07, 6.45) is 0. The number of para-hydroxylation sites is 1. The molecular weight excluding hydrogens is 323 g/mol. The summed E-state index contributed by atoms with van der Waals surface area (Å²) in [5.74, 6) is 0. The van der Waals surface area contributed by atoms with Gasteiger partial charge in [-0.1, -0.05) is 0 Å². The Bertz CT molecular complexity index is 191. The van der Waals surface area contributed by atoms with Crippen LogP contribution in [0.1, 0.15) is 0 Å². The van der Waals surface area contributed by atoms with Crippen LogP contribution in [0, 0.1) is 0 Å². The molecule has 0 radical (unpaired) electrons. The molecule has 0 bridgehead atoms. The topological polar surface area (TPSA) is 48.1 Å². The number of hydrazine groups is 3. The summed E-state index contributed by atoms with van der Waals surface area (Å²) in [4.78, 5) is 0. The minimum absolute atomic E-state index is 1.01. The van der Waals surface area contributed by atoms with Gasteiger partial charge in [0.2, 0.25) is 0 Å². The van der Waals surface area contributed by atoms with Gasteiger partial charge in [-0.2, -0.15) is 0 Å². The Labute approximate surface area is 76.9 Å². The first-order chi connectivity index (χ1) is 5.43.